The Balaban J connectivity index is 2.64. The molecule has 0 bridgehead atoms. The third kappa shape index (κ3) is 3.92. The normalized spacial score (nSPS) is 11.5. The summed E-state index contributed by atoms with van der Waals surface area (Å²) in [5.74, 6) is 0. The van der Waals surface area contributed by atoms with Crippen molar-refractivity contribution in [2.45, 2.75) is 39.2 Å². The molecule has 1 rings (SSSR count). The third-order valence-corrected chi connectivity index (χ3v) is 2.49. The first kappa shape index (κ1) is 12.1. The van der Waals surface area contributed by atoms with Gasteiger partial charge in [-0.2, -0.15) is 0 Å². The summed E-state index contributed by atoms with van der Waals surface area (Å²) in [6.07, 6.45) is 2.35. The highest BCUT2D eigenvalue weighted by Gasteiger charge is 2.13. The van der Waals surface area contributed by atoms with Crippen LogP contribution in [0.5, 0.6) is 0 Å². The predicted octanol–water partition coefficient (Wildman–Crippen LogP) is 2.79. The number of rotatable bonds is 5. The first-order valence-corrected chi connectivity index (χ1v) is 5.64. The minimum atomic E-state index is -0.0354. The van der Waals surface area contributed by atoms with Crippen LogP contribution in [0.3, 0.4) is 0 Å². The molecule has 2 heteroatoms. The van der Waals surface area contributed by atoms with E-state index in [1.165, 1.54) is 12.0 Å². The lowest BCUT2D eigenvalue weighted by Gasteiger charge is -2.25. The average Bonchev–Trinajstić information content (AvgIpc) is 2.21. The van der Waals surface area contributed by atoms with Crippen molar-refractivity contribution in [2.24, 2.45) is 5.73 Å². The maximum atomic E-state index is 5.67. The standard InChI is InChI=1S/C13H22N2/c1-4-5-11-6-8-12(9-7-11)15-13(2,3)10-14/h6-9,15H,4-5,10,14H2,1-3H3. The van der Waals surface area contributed by atoms with Crippen molar-refractivity contribution in [2.75, 3.05) is 11.9 Å². The summed E-state index contributed by atoms with van der Waals surface area (Å²) in [5, 5.41) is 3.41. The van der Waals surface area contributed by atoms with E-state index in [1.807, 2.05) is 0 Å². The van der Waals surface area contributed by atoms with E-state index in [1.54, 1.807) is 0 Å². The van der Waals surface area contributed by atoms with E-state index in [9.17, 15) is 0 Å². The van der Waals surface area contributed by atoms with E-state index in [4.69, 9.17) is 5.73 Å². The summed E-state index contributed by atoms with van der Waals surface area (Å²) in [5.41, 5.74) is 8.17. The van der Waals surface area contributed by atoms with Gasteiger partial charge in [0, 0.05) is 17.8 Å². The van der Waals surface area contributed by atoms with Gasteiger partial charge in [0.05, 0.1) is 0 Å². The van der Waals surface area contributed by atoms with Crippen LogP contribution in [0.4, 0.5) is 5.69 Å². The highest BCUT2D eigenvalue weighted by molar-refractivity contribution is 5.46. The third-order valence-electron chi connectivity index (χ3n) is 2.49. The second-order valence-electron chi connectivity index (χ2n) is 4.66. The SMILES string of the molecule is CCCc1ccc(NC(C)(C)CN)cc1. The molecular weight excluding hydrogens is 184 g/mol. The van der Waals surface area contributed by atoms with Gasteiger partial charge in [-0.3, -0.25) is 0 Å². The van der Waals surface area contributed by atoms with Gasteiger partial charge >= 0.3 is 0 Å². The molecule has 0 fully saturated rings. The number of nitrogens with two attached hydrogens (primary N) is 1. The van der Waals surface area contributed by atoms with E-state index in [2.05, 4.69) is 50.4 Å². The summed E-state index contributed by atoms with van der Waals surface area (Å²) in [4.78, 5) is 0. The molecule has 0 aliphatic carbocycles. The van der Waals surface area contributed by atoms with Crippen molar-refractivity contribution in [3.05, 3.63) is 29.8 Å². The molecule has 0 heterocycles. The second-order valence-corrected chi connectivity index (χ2v) is 4.66. The van der Waals surface area contributed by atoms with Crippen molar-refractivity contribution >= 4 is 5.69 Å². The number of nitrogens with one attached hydrogen (secondary N) is 1. The van der Waals surface area contributed by atoms with Gasteiger partial charge in [-0.1, -0.05) is 25.5 Å². The molecule has 0 aromatic heterocycles. The van der Waals surface area contributed by atoms with Crippen LogP contribution in [0.15, 0.2) is 24.3 Å². The lowest BCUT2D eigenvalue weighted by molar-refractivity contribution is 0.580. The van der Waals surface area contributed by atoms with Crippen molar-refractivity contribution < 1.29 is 0 Å². The summed E-state index contributed by atoms with van der Waals surface area (Å²) in [6.45, 7) is 7.04. The smallest absolute Gasteiger partial charge is 0.0439 e. The molecule has 0 unspecified atom stereocenters. The minimum Gasteiger partial charge on any atom is -0.379 e. The fourth-order valence-electron chi connectivity index (χ4n) is 1.49. The van der Waals surface area contributed by atoms with Crippen molar-refractivity contribution in [3.63, 3.8) is 0 Å². The molecule has 0 saturated heterocycles. The lowest BCUT2D eigenvalue weighted by atomic mass is 10.0. The van der Waals surface area contributed by atoms with Crippen LogP contribution in [0.1, 0.15) is 32.8 Å². The fraction of sp³-hybridized carbons (Fsp3) is 0.538. The molecule has 84 valence electrons. The van der Waals surface area contributed by atoms with Gasteiger partial charge in [0.25, 0.3) is 0 Å². The zero-order valence-corrected chi connectivity index (χ0v) is 10.0. The van der Waals surface area contributed by atoms with Crippen LogP contribution in [-0.2, 0) is 6.42 Å². The molecule has 1 aromatic carbocycles. The van der Waals surface area contributed by atoms with Crippen LogP contribution in [0.2, 0.25) is 0 Å². The monoisotopic (exact) mass is 206 g/mol. The van der Waals surface area contributed by atoms with E-state index >= 15 is 0 Å². The second kappa shape index (κ2) is 5.17. The maximum absolute atomic E-state index is 5.67. The van der Waals surface area contributed by atoms with Crippen LogP contribution in [-0.4, -0.2) is 12.1 Å². The number of benzene rings is 1. The van der Waals surface area contributed by atoms with Gasteiger partial charge in [-0.15, -0.1) is 0 Å². The zero-order chi connectivity index (χ0) is 11.3. The Hall–Kier alpha value is -1.02. The molecule has 0 radical (unpaired) electrons. The lowest BCUT2D eigenvalue weighted by Crippen LogP contribution is -2.39. The molecule has 0 spiro atoms. The van der Waals surface area contributed by atoms with Gasteiger partial charge in [-0.25, -0.2) is 0 Å². The zero-order valence-electron chi connectivity index (χ0n) is 10.0. The van der Waals surface area contributed by atoms with Crippen molar-refractivity contribution in [1.29, 1.82) is 0 Å². The summed E-state index contributed by atoms with van der Waals surface area (Å²) < 4.78 is 0. The summed E-state index contributed by atoms with van der Waals surface area (Å²) >= 11 is 0. The fourth-order valence-corrected chi connectivity index (χ4v) is 1.49. The highest BCUT2D eigenvalue weighted by Crippen LogP contribution is 2.15. The Morgan fingerprint density at radius 1 is 1.20 bits per heavy atom. The first-order chi connectivity index (χ1) is 7.07. The highest BCUT2D eigenvalue weighted by atomic mass is 15.0. The minimum absolute atomic E-state index is 0.0354. The Morgan fingerprint density at radius 3 is 2.27 bits per heavy atom. The van der Waals surface area contributed by atoms with Crippen LogP contribution in [0, 0.1) is 0 Å². The van der Waals surface area contributed by atoms with E-state index < -0.39 is 0 Å². The molecule has 3 N–H and O–H groups in total. The number of hydrogen-bond acceptors (Lipinski definition) is 2. The Labute approximate surface area is 92.9 Å². The van der Waals surface area contributed by atoms with Gasteiger partial charge in [0.1, 0.15) is 0 Å². The van der Waals surface area contributed by atoms with Crippen molar-refractivity contribution in [3.8, 4) is 0 Å². The quantitative estimate of drug-likeness (QED) is 0.777. The molecule has 15 heavy (non-hydrogen) atoms. The Morgan fingerprint density at radius 2 is 1.80 bits per heavy atom. The number of anilines is 1. The van der Waals surface area contributed by atoms with Gasteiger partial charge < -0.3 is 11.1 Å². The van der Waals surface area contributed by atoms with Gasteiger partial charge in [0.15, 0.2) is 0 Å². The van der Waals surface area contributed by atoms with Gasteiger partial charge in [-0.05, 0) is 38.0 Å². The topological polar surface area (TPSA) is 38.0 Å². The first-order valence-electron chi connectivity index (χ1n) is 5.64. The summed E-state index contributed by atoms with van der Waals surface area (Å²) in [7, 11) is 0. The Bertz CT molecular complexity index is 288. The molecule has 2 nitrogen and oxygen atoms in total. The number of hydrogen-bond donors (Lipinski definition) is 2. The molecule has 0 amide bonds. The molecule has 0 saturated carbocycles. The van der Waals surface area contributed by atoms with Crippen LogP contribution >= 0.6 is 0 Å². The predicted molar refractivity (Wildman–Crippen MR) is 67.2 cm³/mol. The van der Waals surface area contributed by atoms with Gasteiger partial charge in [0.2, 0.25) is 0 Å². The maximum Gasteiger partial charge on any atom is 0.0439 e. The molecule has 0 aliphatic rings. The van der Waals surface area contributed by atoms with Crippen LogP contribution in [0.25, 0.3) is 0 Å². The molecular formula is C13H22N2. The van der Waals surface area contributed by atoms with Crippen LogP contribution < -0.4 is 11.1 Å². The Kier molecular flexibility index (Phi) is 4.15. The van der Waals surface area contributed by atoms with E-state index in [0.29, 0.717) is 6.54 Å². The largest absolute Gasteiger partial charge is 0.379 e. The summed E-state index contributed by atoms with van der Waals surface area (Å²) in [6, 6.07) is 8.61. The molecule has 0 aliphatic heterocycles. The number of aryl methyl sites for hydroxylation is 1. The van der Waals surface area contributed by atoms with E-state index in [0.717, 1.165) is 12.1 Å². The van der Waals surface area contributed by atoms with E-state index in [-0.39, 0.29) is 5.54 Å². The average molecular weight is 206 g/mol. The van der Waals surface area contributed by atoms with Crippen molar-refractivity contribution in [1.82, 2.24) is 0 Å². The molecule has 1 aromatic rings. The molecule has 0 atom stereocenters.